The number of nitrogen functional groups attached to an aromatic ring is 1. The van der Waals surface area contributed by atoms with Gasteiger partial charge in [0.05, 0.1) is 6.04 Å². The zero-order valence-corrected chi connectivity index (χ0v) is 11.4. The molecule has 1 aliphatic rings. The topological polar surface area (TPSA) is 68.2 Å². The van der Waals surface area contributed by atoms with E-state index in [9.17, 15) is 0 Å². The normalized spacial score (nSPS) is 19.7. The van der Waals surface area contributed by atoms with Crippen LogP contribution < -0.4 is 11.5 Å². The number of rotatable bonds is 3. The van der Waals surface area contributed by atoms with E-state index >= 15 is 0 Å². The molecule has 1 unspecified atom stereocenters. The van der Waals surface area contributed by atoms with Crippen LogP contribution in [-0.2, 0) is 0 Å². The van der Waals surface area contributed by atoms with Crippen LogP contribution >= 0.6 is 0 Å². The Bertz CT molecular complexity index is 397. The highest BCUT2D eigenvalue weighted by atomic mass is 15.2. The Morgan fingerprint density at radius 1 is 1.28 bits per heavy atom. The maximum atomic E-state index is 6.44. The van der Waals surface area contributed by atoms with Gasteiger partial charge in [-0.1, -0.05) is 6.42 Å². The van der Waals surface area contributed by atoms with Crippen LogP contribution in [0.25, 0.3) is 0 Å². The molecular weight excluding hydrogens is 224 g/mol. The lowest BCUT2D eigenvalue weighted by molar-refractivity contribution is 0.0731. The average Bonchev–Trinajstić information content (AvgIpc) is 2.39. The SMILES string of the molecule is CC(C)(C(N)c1cnccc1N)N1CCCCC1. The highest BCUT2D eigenvalue weighted by Gasteiger charge is 2.35. The van der Waals surface area contributed by atoms with Crippen molar-refractivity contribution in [3.05, 3.63) is 24.0 Å². The van der Waals surface area contributed by atoms with E-state index in [0.29, 0.717) is 0 Å². The lowest BCUT2D eigenvalue weighted by Crippen LogP contribution is -2.53. The number of pyridine rings is 1. The number of nitrogens with zero attached hydrogens (tertiary/aromatic N) is 2. The molecule has 4 heteroatoms. The third-order valence-electron chi connectivity index (χ3n) is 4.15. The summed E-state index contributed by atoms with van der Waals surface area (Å²) in [5.41, 5.74) is 14.1. The smallest absolute Gasteiger partial charge is 0.0512 e. The Balaban J connectivity index is 2.20. The molecule has 1 atom stereocenters. The highest BCUT2D eigenvalue weighted by Crippen LogP contribution is 2.33. The second kappa shape index (κ2) is 5.24. The number of hydrogen-bond acceptors (Lipinski definition) is 4. The van der Waals surface area contributed by atoms with Crippen LogP contribution in [-0.4, -0.2) is 28.5 Å². The van der Waals surface area contributed by atoms with Gasteiger partial charge in [0.15, 0.2) is 0 Å². The Labute approximate surface area is 109 Å². The summed E-state index contributed by atoms with van der Waals surface area (Å²) in [7, 11) is 0. The molecule has 0 amide bonds. The van der Waals surface area contributed by atoms with Crippen LogP contribution in [0, 0.1) is 0 Å². The summed E-state index contributed by atoms with van der Waals surface area (Å²) in [6.45, 7) is 6.66. The van der Waals surface area contributed by atoms with Gasteiger partial charge >= 0.3 is 0 Å². The summed E-state index contributed by atoms with van der Waals surface area (Å²) < 4.78 is 0. The van der Waals surface area contributed by atoms with Gasteiger partial charge in [0.1, 0.15) is 0 Å². The first-order chi connectivity index (χ1) is 8.53. The van der Waals surface area contributed by atoms with E-state index in [1.807, 2.05) is 6.07 Å². The molecule has 1 aliphatic heterocycles. The molecule has 100 valence electrons. The first-order valence-electron chi connectivity index (χ1n) is 6.73. The van der Waals surface area contributed by atoms with Gasteiger partial charge in [0, 0.05) is 29.2 Å². The zero-order valence-electron chi connectivity index (χ0n) is 11.4. The fraction of sp³-hybridized carbons (Fsp3) is 0.643. The van der Waals surface area contributed by atoms with Crippen molar-refractivity contribution in [1.82, 2.24) is 9.88 Å². The van der Waals surface area contributed by atoms with Crippen molar-refractivity contribution in [2.75, 3.05) is 18.8 Å². The fourth-order valence-corrected chi connectivity index (χ4v) is 2.72. The summed E-state index contributed by atoms with van der Waals surface area (Å²) >= 11 is 0. The van der Waals surface area contributed by atoms with Gasteiger partial charge in [0.2, 0.25) is 0 Å². The molecule has 4 N–H and O–H groups in total. The zero-order chi connectivity index (χ0) is 13.2. The first-order valence-corrected chi connectivity index (χ1v) is 6.73. The van der Waals surface area contributed by atoms with Crippen molar-refractivity contribution < 1.29 is 0 Å². The van der Waals surface area contributed by atoms with E-state index in [1.165, 1.54) is 19.3 Å². The van der Waals surface area contributed by atoms with Crippen LogP contribution in [0.4, 0.5) is 5.69 Å². The van der Waals surface area contributed by atoms with Gasteiger partial charge in [0.25, 0.3) is 0 Å². The summed E-state index contributed by atoms with van der Waals surface area (Å²) in [4.78, 5) is 6.63. The van der Waals surface area contributed by atoms with Crippen LogP contribution in [0.5, 0.6) is 0 Å². The van der Waals surface area contributed by atoms with Gasteiger partial charge in [-0.25, -0.2) is 0 Å². The van der Waals surface area contributed by atoms with Crippen molar-refractivity contribution in [2.24, 2.45) is 5.73 Å². The first kappa shape index (κ1) is 13.3. The molecule has 0 radical (unpaired) electrons. The Morgan fingerprint density at radius 2 is 1.94 bits per heavy atom. The molecule has 2 rings (SSSR count). The van der Waals surface area contributed by atoms with Gasteiger partial charge in [-0.05, 0) is 45.8 Å². The predicted molar refractivity (Wildman–Crippen MR) is 75.1 cm³/mol. The standard InChI is InChI=1S/C14H24N4/c1-14(2,18-8-4-3-5-9-18)13(16)11-10-17-7-6-12(11)15/h6-7,10,13H,3-5,8-9,16H2,1-2H3,(H2,15,17). The molecule has 0 aliphatic carbocycles. The molecule has 0 saturated carbocycles. The van der Waals surface area contributed by atoms with Crippen molar-refractivity contribution in [3.63, 3.8) is 0 Å². The molecule has 2 heterocycles. The van der Waals surface area contributed by atoms with Crippen molar-refractivity contribution in [2.45, 2.75) is 44.7 Å². The van der Waals surface area contributed by atoms with E-state index < -0.39 is 0 Å². The lowest BCUT2D eigenvalue weighted by Gasteiger charge is -2.44. The molecule has 1 aromatic heterocycles. The lowest BCUT2D eigenvalue weighted by atomic mass is 9.86. The summed E-state index contributed by atoms with van der Waals surface area (Å²) in [6.07, 6.45) is 7.36. The van der Waals surface area contributed by atoms with E-state index in [0.717, 1.165) is 24.3 Å². The van der Waals surface area contributed by atoms with Crippen LogP contribution in [0.1, 0.15) is 44.7 Å². The van der Waals surface area contributed by atoms with Gasteiger partial charge in [-0.2, -0.15) is 0 Å². The van der Waals surface area contributed by atoms with Gasteiger partial charge < -0.3 is 11.5 Å². The molecular formula is C14H24N4. The number of anilines is 1. The predicted octanol–water partition coefficient (Wildman–Crippen LogP) is 1.93. The molecule has 4 nitrogen and oxygen atoms in total. The summed E-state index contributed by atoms with van der Waals surface area (Å²) in [5.74, 6) is 0. The molecule has 18 heavy (non-hydrogen) atoms. The summed E-state index contributed by atoms with van der Waals surface area (Å²) in [6, 6.07) is 1.71. The third-order valence-corrected chi connectivity index (χ3v) is 4.15. The Kier molecular flexibility index (Phi) is 3.88. The molecule has 1 saturated heterocycles. The third kappa shape index (κ3) is 2.49. The van der Waals surface area contributed by atoms with Crippen LogP contribution in [0.15, 0.2) is 18.5 Å². The van der Waals surface area contributed by atoms with E-state index in [-0.39, 0.29) is 11.6 Å². The van der Waals surface area contributed by atoms with Crippen molar-refractivity contribution in [3.8, 4) is 0 Å². The van der Waals surface area contributed by atoms with E-state index in [2.05, 4.69) is 23.7 Å². The average molecular weight is 248 g/mol. The fourth-order valence-electron chi connectivity index (χ4n) is 2.72. The minimum absolute atomic E-state index is 0.0857. The maximum absolute atomic E-state index is 6.44. The van der Waals surface area contributed by atoms with Crippen molar-refractivity contribution >= 4 is 5.69 Å². The van der Waals surface area contributed by atoms with Crippen LogP contribution in [0.3, 0.4) is 0 Å². The van der Waals surface area contributed by atoms with Crippen molar-refractivity contribution in [1.29, 1.82) is 0 Å². The molecule has 1 fully saturated rings. The molecule has 0 bridgehead atoms. The minimum Gasteiger partial charge on any atom is -0.398 e. The number of piperidine rings is 1. The number of aromatic nitrogens is 1. The van der Waals surface area contributed by atoms with Gasteiger partial charge in [-0.3, -0.25) is 9.88 Å². The molecule has 0 aromatic carbocycles. The highest BCUT2D eigenvalue weighted by molar-refractivity contribution is 5.47. The number of hydrogen-bond donors (Lipinski definition) is 2. The maximum Gasteiger partial charge on any atom is 0.0512 e. The second-order valence-corrected chi connectivity index (χ2v) is 5.68. The minimum atomic E-state index is -0.107. The van der Waals surface area contributed by atoms with Gasteiger partial charge in [-0.15, -0.1) is 0 Å². The monoisotopic (exact) mass is 248 g/mol. The number of nitrogens with two attached hydrogens (primary N) is 2. The summed E-state index contributed by atoms with van der Waals surface area (Å²) in [5, 5.41) is 0. The van der Waals surface area contributed by atoms with Crippen LogP contribution in [0.2, 0.25) is 0 Å². The Morgan fingerprint density at radius 3 is 2.56 bits per heavy atom. The largest absolute Gasteiger partial charge is 0.398 e. The second-order valence-electron chi connectivity index (χ2n) is 5.68. The molecule has 1 aromatic rings. The van der Waals surface area contributed by atoms with E-state index in [4.69, 9.17) is 11.5 Å². The Hall–Kier alpha value is -1.13. The quantitative estimate of drug-likeness (QED) is 0.857. The molecule has 0 spiro atoms. The number of likely N-dealkylation sites (tertiary alicyclic amines) is 1. The van der Waals surface area contributed by atoms with E-state index in [1.54, 1.807) is 12.4 Å².